The van der Waals surface area contributed by atoms with Gasteiger partial charge >= 0.3 is 0 Å². The van der Waals surface area contributed by atoms with Gasteiger partial charge in [-0.25, -0.2) is 9.97 Å². The van der Waals surface area contributed by atoms with Crippen LogP contribution in [-0.4, -0.2) is 34.3 Å². The summed E-state index contributed by atoms with van der Waals surface area (Å²) in [6.07, 6.45) is 10.8. The van der Waals surface area contributed by atoms with Crippen LogP contribution in [0.25, 0.3) is 0 Å². The van der Waals surface area contributed by atoms with E-state index < -0.39 is 0 Å². The highest BCUT2D eigenvalue weighted by Crippen LogP contribution is 2.33. The highest BCUT2D eigenvalue weighted by atomic mass is 16.3. The maximum atomic E-state index is 9.49. The predicted molar refractivity (Wildman–Crippen MR) is 70.7 cm³/mol. The Kier molecular flexibility index (Phi) is 3.46. The predicted octanol–water partition coefficient (Wildman–Crippen LogP) is 2.10. The molecule has 3 rings (SSSR count). The Labute approximate surface area is 108 Å². The smallest absolute Gasteiger partial charge is 0.225 e. The van der Waals surface area contributed by atoms with Crippen molar-refractivity contribution >= 4 is 5.95 Å². The first-order valence-electron chi connectivity index (χ1n) is 7.08. The van der Waals surface area contributed by atoms with E-state index in [9.17, 15) is 5.11 Å². The number of hydrogen-bond acceptors (Lipinski definition) is 4. The van der Waals surface area contributed by atoms with Gasteiger partial charge in [-0.05, 0) is 37.2 Å². The second-order valence-corrected chi connectivity index (χ2v) is 5.52. The van der Waals surface area contributed by atoms with Crippen LogP contribution in [0, 0.1) is 0 Å². The van der Waals surface area contributed by atoms with Crippen LogP contribution >= 0.6 is 0 Å². The van der Waals surface area contributed by atoms with Gasteiger partial charge < -0.3 is 10.0 Å². The summed E-state index contributed by atoms with van der Waals surface area (Å²) in [6.45, 7) is 1.73. The number of aromatic nitrogens is 2. The normalized spacial score (nSPS) is 22.6. The van der Waals surface area contributed by atoms with Crippen LogP contribution in [-0.2, 0) is 0 Å². The van der Waals surface area contributed by atoms with Crippen molar-refractivity contribution in [2.75, 3.05) is 18.0 Å². The number of piperidine rings is 1. The molecular formula is C14H21N3O. The summed E-state index contributed by atoms with van der Waals surface area (Å²) >= 11 is 0. The fraction of sp³-hybridized carbons (Fsp3) is 0.714. The summed E-state index contributed by atoms with van der Waals surface area (Å²) in [6, 6.07) is 0. The number of nitrogens with zero attached hydrogens (tertiary/aromatic N) is 3. The number of aliphatic hydroxyl groups is 1. The van der Waals surface area contributed by atoms with E-state index in [0.29, 0.717) is 5.92 Å². The van der Waals surface area contributed by atoms with Gasteiger partial charge in [0.15, 0.2) is 0 Å². The number of aliphatic hydroxyl groups excluding tert-OH is 1. The molecule has 98 valence electrons. The maximum absolute atomic E-state index is 9.49. The van der Waals surface area contributed by atoms with Crippen molar-refractivity contribution in [2.45, 2.75) is 50.5 Å². The summed E-state index contributed by atoms with van der Waals surface area (Å²) in [5.74, 6) is 1.51. The molecule has 4 nitrogen and oxygen atoms in total. The fourth-order valence-corrected chi connectivity index (χ4v) is 3.03. The summed E-state index contributed by atoms with van der Waals surface area (Å²) in [5.41, 5.74) is 1.30. The van der Waals surface area contributed by atoms with Crippen molar-refractivity contribution in [2.24, 2.45) is 0 Å². The van der Waals surface area contributed by atoms with Crippen molar-refractivity contribution in [3.8, 4) is 0 Å². The Balaban J connectivity index is 1.67. The van der Waals surface area contributed by atoms with Crippen LogP contribution in [0.5, 0.6) is 0 Å². The van der Waals surface area contributed by atoms with E-state index in [2.05, 4.69) is 14.9 Å². The lowest BCUT2D eigenvalue weighted by atomic mass is 10.0. The molecule has 4 heteroatoms. The first-order valence-corrected chi connectivity index (χ1v) is 7.08. The van der Waals surface area contributed by atoms with Gasteiger partial charge in [0.05, 0.1) is 6.10 Å². The molecule has 1 N–H and O–H groups in total. The second-order valence-electron chi connectivity index (χ2n) is 5.52. The zero-order valence-electron chi connectivity index (χ0n) is 10.8. The monoisotopic (exact) mass is 247 g/mol. The molecular weight excluding hydrogens is 226 g/mol. The van der Waals surface area contributed by atoms with Crippen molar-refractivity contribution in [3.05, 3.63) is 18.0 Å². The van der Waals surface area contributed by atoms with E-state index in [4.69, 9.17) is 0 Å². The third-order valence-corrected chi connectivity index (χ3v) is 4.23. The van der Waals surface area contributed by atoms with E-state index in [1.807, 2.05) is 12.4 Å². The van der Waals surface area contributed by atoms with E-state index in [1.165, 1.54) is 31.2 Å². The summed E-state index contributed by atoms with van der Waals surface area (Å²) in [4.78, 5) is 11.2. The van der Waals surface area contributed by atoms with Gasteiger partial charge in [0, 0.05) is 25.5 Å². The van der Waals surface area contributed by atoms with Crippen LogP contribution in [0.2, 0.25) is 0 Å². The Hall–Kier alpha value is -1.16. The van der Waals surface area contributed by atoms with Crippen molar-refractivity contribution in [1.29, 1.82) is 0 Å². The molecule has 1 aliphatic heterocycles. The fourth-order valence-electron chi connectivity index (χ4n) is 3.03. The van der Waals surface area contributed by atoms with E-state index in [-0.39, 0.29) is 6.10 Å². The first-order chi connectivity index (χ1) is 8.83. The molecule has 0 radical (unpaired) electrons. The summed E-state index contributed by atoms with van der Waals surface area (Å²) in [5, 5.41) is 9.49. The van der Waals surface area contributed by atoms with Gasteiger partial charge in [-0.1, -0.05) is 12.8 Å². The minimum absolute atomic E-state index is 0.140. The molecule has 2 heterocycles. The van der Waals surface area contributed by atoms with Gasteiger partial charge in [0.25, 0.3) is 0 Å². The van der Waals surface area contributed by atoms with Gasteiger partial charge in [-0.2, -0.15) is 0 Å². The van der Waals surface area contributed by atoms with Crippen molar-refractivity contribution in [1.82, 2.24) is 9.97 Å². The zero-order valence-corrected chi connectivity index (χ0v) is 10.8. The average Bonchev–Trinajstić information content (AvgIpc) is 2.94. The lowest BCUT2D eigenvalue weighted by molar-refractivity contribution is 0.145. The molecule has 0 aromatic carbocycles. The van der Waals surface area contributed by atoms with Crippen LogP contribution in [0.1, 0.15) is 50.0 Å². The van der Waals surface area contributed by atoms with E-state index >= 15 is 0 Å². The Bertz CT molecular complexity index is 379. The maximum Gasteiger partial charge on any atom is 0.225 e. The first kappa shape index (κ1) is 11.9. The topological polar surface area (TPSA) is 49.2 Å². The molecule has 1 aliphatic carbocycles. The Morgan fingerprint density at radius 3 is 2.22 bits per heavy atom. The molecule has 0 bridgehead atoms. The van der Waals surface area contributed by atoms with Gasteiger partial charge in [-0.3, -0.25) is 0 Å². The van der Waals surface area contributed by atoms with E-state index in [1.54, 1.807) is 0 Å². The van der Waals surface area contributed by atoms with Crippen molar-refractivity contribution < 1.29 is 5.11 Å². The highest BCUT2D eigenvalue weighted by molar-refractivity contribution is 5.31. The van der Waals surface area contributed by atoms with Crippen LogP contribution in [0.15, 0.2) is 12.4 Å². The van der Waals surface area contributed by atoms with Gasteiger partial charge in [-0.15, -0.1) is 0 Å². The largest absolute Gasteiger partial charge is 0.393 e. The van der Waals surface area contributed by atoms with Gasteiger partial charge in [0.1, 0.15) is 0 Å². The third kappa shape index (κ3) is 2.48. The highest BCUT2D eigenvalue weighted by Gasteiger charge is 2.21. The molecule has 2 aliphatic rings. The molecule has 18 heavy (non-hydrogen) atoms. The van der Waals surface area contributed by atoms with E-state index in [0.717, 1.165) is 31.9 Å². The van der Waals surface area contributed by atoms with Crippen molar-refractivity contribution in [3.63, 3.8) is 0 Å². The molecule has 0 unspecified atom stereocenters. The number of hydrogen-bond donors (Lipinski definition) is 1. The van der Waals surface area contributed by atoms with Gasteiger partial charge in [0.2, 0.25) is 5.95 Å². The molecule has 1 saturated carbocycles. The van der Waals surface area contributed by atoms with Crippen LogP contribution < -0.4 is 4.90 Å². The molecule has 0 atom stereocenters. The third-order valence-electron chi connectivity index (χ3n) is 4.23. The standard InChI is InChI=1S/C14H21N3O/c18-13-5-7-17(8-6-13)14-15-9-12(10-16-14)11-3-1-2-4-11/h9-11,13,18H,1-8H2. The summed E-state index contributed by atoms with van der Waals surface area (Å²) < 4.78 is 0. The molecule has 1 aromatic rings. The molecule has 2 fully saturated rings. The molecule has 0 spiro atoms. The Morgan fingerprint density at radius 1 is 1.00 bits per heavy atom. The number of rotatable bonds is 2. The molecule has 1 saturated heterocycles. The Morgan fingerprint density at radius 2 is 1.61 bits per heavy atom. The van der Waals surface area contributed by atoms with Crippen LogP contribution in [0.3, 0.4) is 0 Å². The quantitative estimate of drug-likeness (QED) is 0.869. The zero-order chi connectivity index (χ0) is 12.4. The summed E-state index contributed by atoms with van der Waals surface area (Å²) in [7, 11) is 0. The lowest BCUT2D eigenvalue weighted by Crippen LogP contribution is -2.36. The SMILES string of the molecule is OC1CCN(c2ncc(C3CCCC3)cn2)CC1. The lowest BCUT2D eigenvalue weighted by Gasteiger charge is -2.29. The minimum atomic E-state index is -0.140. The average molecular weight is 247 g/mol. The second kappa shape index (κ2) is 5.22. The van der Waals surface area contributed by atoms with Crippen LogP contribution in [0.4, 0.5) is 5.95 Å². The number of anilines is 1. The molecule has 1 aromatic heterocycles. The molecule has 0 amide bonds. The minimum Gasteiger partial charge on any atom is -0.393 e.